The fourth-order valence-electron chi connectivity index (χ4n) is 0.908. The Balaban J connectivity index is 2.42. The topological polar surface area (TPSA) is 62.8 Å². The molecular formula is C7H14N4. The van der Waals surface area contributed by atoms with E-state index in [4.69, 9.17) is 5.73 Å². The van der Waals surface area contributed by atoms with Crippen LogP contribution in [0.2, 0.25) is 0 Å². The molecular weight excluding hydrogens is 140 g/mol. The molecule has 4 nitrogen and oxygen atoms in total. The molecule has 1 rings (SSSR count). The lowest BCUT2D eigenvalue weighted by atomic mass is 10.3. The van der Waals surface area contributed by atoms with Crippen LogP contribution in [-0.2, 0) is 0 Å². The van der Waals surface area contributed by atoms with E-state index < -0.39 is 0 Å². The summed E-state index contributed by atoms with van der Waals surface area (Å²) in [6, 6.07) is 0. The molecule has 0 aliphatic carbocycles. The van der Waals surface area contributed by atoms with Crippen LogP contribution in [0, 0.1) is 0 Å². The molecule has 1 aliphatic rings. The van der Waals surface area contributed by atoms with Crippen LogP contribution in [0.4, 0.5) is 0 Å². The van der Waals surface area contributed by atoms with Gasteiger partial charge in [-0.25, -0.2) is 9.98 Å². The molecule has 0 radical (unpaired) electrons. The zero-order valence-electron chi connectivity index (χ0n) is 6.80. The molecule has 0 fully saturated rings. The number of rotatable bonds is 2. The maximum Gasteiger partial charge on any atom is 0.219 e. The first-order valence-corrected chi connectivity index (χ1v) is 3.94. The number of hydrogen-bond acceptors (Lipinski definition) is 3. The smallest absolute Gasteiger partial charge is 0.219 e. The summed E-state index contributed by atoms with van der Waals surface area (Å²) in [5.41, 5.74) is 5.59. The van der Waals surface area contributed by atoms with Crippen LogP contribution < -0.4 is 11.1 Å². The lowest BCUT2D eigenvalue weighted by Gasteiger charge is -1.97. The molecule has 0 saturated carbocycles. The van der Waals surface area contributed by atoms with Gasteiger partial charge < -0.3 is 11.1 Å². The van der Waals surface area contributed by atoms with Crippen molar-refractivity contribution in [2.24, 2.45) is 15.7 Å². The summed E-state index contributed by atoms with van der Waals surface area (Å²) in [7, 11) is 0. The molecule has 0 aromatic rings. The number of amidine groups is 1. The van der Waals surface area contributed by atoms with Gasteiger partial charge in [-0.1, -0.05) is 6.92 Å². The van der Waals surface area contributed by atoms with E-state index in [9.17, 15) is 0 Å². The lowest BCUT2D eigenvalue weighted by molar-refractivity contribution is 0.953. The van der Waals surface area contributed by atoms with E-state index >= 15 is 0 Å². The summed E-state index contributed by atoms with van der Waals surface area (Å²) in [6.07, 6.45) is 1.88. The van der Waals surface area contributed by atoms with Gasteiger partial charge in [-0.2, -0.15) is 0 Å². The number of nitrogens with two attached hydrogens (primary N) is 1. The van der Waals surface area contributed by atoms with E-state index in [1.54, 1.807) is 0 Å². The van der Waals surface area contributed by atoms with Crippen LogP contribution in [0.15, 0.2) is 9.98 Å². The zero-order chi connectivity index (χ0) is 8.10. The Labute approximate surface area is 66.6 Å². The SMILES string of the molecule is CCC/C(N)=N/C1=NCCN1. The van der Waals surface area contributed by atoms with E-state index in [0.717, 1.165) is 25.9 Å². The van der Waals surface area contributed by atoms with Gasteiger partial charge in [0.15, 0.2) is 0 Å². The third-order valence-electron chi connectivity index (χ3n) is 1.41. The molecule has 0 aromatic carbocycles. The normalized spacial score (nSPS) is 17.9. The Morgan fingerprint density at radius 1 is 1.82 bits per heavy atom. The average Bonchev–Trinajstić information content (AvgIpc) is 2.40. The van der Waals surface area contributed by atoms with Crippen LogP contribution >= 0.6 is 0 Å². The zero-order valence-corrected chi connectivity index (χ0v) is 6.80. The second kappa shape index (κ2) is 3.95. The predicted octanol–water partition coefficient (Wildman–Crippen LogP) is 0.103. The molecule has 0 spiro atoms. The Hall–Kier alpha value is -1.06. The van der Waals surface area contributed by atoms with E-state index in [-0.39, 0.29) is 0 Å². The van der Waals surface area contributed by atoms with Crippen molar-refractivity contribution < 1.29 is 0 Å². The van der Waals surface area contributed by atoms with Crippen LogP contribution in [-0.4, -0.2) is 24.9 Å². The first-order chi connectivity index (χ1) is 5.33. The highest BCUT2D eigenvalue weighted by Crippen LogP contribution is 1.90. The minimum absolute atomic E-state index is 0.667. The Kier molecular flexibility index (Phi) is 2.89. The van der Waals surface area contributed by atoms with Crippen molar-refractivity contribution in [3.8, 4) is 0 Å². The summed E-state index contributed by atoms with van der Waals surface area (Å²) >= 11 is 0. The molecule has 0 saturated heterocycles. The Morgan fingerprint density at radius 2 is 2.64 bits per heavy atom. The van der Waals surface area contributed by atoms with Crippen molar-refractivity contribution in [2.45, 2.75) is 19.8 Å². The van der Waals surface area contributed by atoms with Crippen molar-refractivity contribution in [3.05, 3.63) is 0 Å². The van der Waals surface area contributed by atoms with Gasteiger partial charge in [0, 0.05) is 13.0 Å². The lowest BCUT2D eigenvalue weighted by Crippen LogP contribution is -2.21. The van der Waals surface area contributed by atoms with Gasteiger partial charge >= 0.3 is 0 Å². The number of hydrogen-bond donors (Lipinski definition) is 2. The van der Waals surface area contributed by atoms with Gasteiger partial charge in [-0.05, 0) is 6.42 Å². The van der Waals surface area contributed by atoms with Crippen molar-refractivity contribution in [2.75, 3.05) is 13.1 Å². The van der Waals surface area contributed by atoms with Crippen LogP contribution in [0.1, 0.15) is 19.8 Å². The first kappa shape index (κ1) is 8.04. The van der Waals surface area contributed by atoms with Crippen LogP contribution in [0.5, 0.6) is 0 Å². The second-order valence-corrected chi connectivity index (χ2v) is 2.49. The summed E-state index contributed by atoms with van der Waals surface area (Å²) in [4.78, 5) is 8.19. The van der Waals surface area contributed by atoms with Crippen LogP contribution in [0.3, 0.4) is 0 Å². The molecule has 3 N–H and O–H groups in total. The highest BCUT2D eigenvalue weighted by atomic mass is 15.2. The summed E-state index contributed by atoms with van der Waals surface area (Å²) in [6.45, 7) is 3.78. The molecule has 1 heterocycles. The van der Waals surface area contributed by atoms with Crippen molar-refractivity contribution in [1.29, 1.82) is 0 Å². The monoisotopic (exact) mass is 154 g/mol. The highest BCUT2D eigenvalue weighted by molar-refractivity contribution is 5.95. The number of nitrogens with zero attached hydrogens (tertiary/aromatic N) is 2. The van der Waals surface area contributed by atoms with Gasteiger partial charge in [0.1, 0.15) is 5.84 Å². The molecule has 4 heteroatoms. The Bertz CT molecular complexity index is 183. The van der Waals surface area contributed by atoms with Gasteiger partial charge in [-0.3, -0.25) is 0 Å². The van der Waals surface area contributed by atoms with Gasteiger partial charge in [-0.15, -0.1) is 0 Å². The highest BCUT2D eigenvalue weighted by Gasteiger charge is 2.02. The molecule has 0 bridgehead atoms. The number of guanidine groups is 1. The summed E-state index contributed by atoms with van der Waals surface area (Å²) in [5.74, 6) is 1.36. The van der Waals surface area contributed by atoms with Crippen LogP contribution in [0.25, 0.3) is 0 Å². The molecule has 11 heavy (non-hydrogen) atoms. The third-order valence-corrected chi connectivity index (χ3v) is 1.41. The van der Waals surface area contributed by atoms with E-state index in [2.05, 4.69) is 22.2 Å². The van der Waals surface area contributed by atoms with Crippen molar-refractivity contribution in [1.82, 2.24) is 5.32 Å². The summed E-state index contributed by atoms with van der Waals surface area (Å²) < 4.78 is 0. The van der Waals surface area contributed by atoms with E-state index in [1.807, 2.05) is 0 Å². The van der Waals surface area contributed by atoms with Gasteiger partial charge in [0.05, 0.1) is 6.54 Å². The molecule has 62 valence electrons. The second-order valence-electron chi connectivity index (χ2n) is 2.49. The molecule has 0 atom stereocenters. The quantitative estimate of drug-likeness (QED) is 0.438. The number of aliphatic imine (C=N–C) groups is 2. The van der Waals surface area contributed by atoms with E-state index in [0.29, 0.717) is 11.8 Å². The minimum Gasteiger partial charge on any atom is -0.387 e. The minimum atomic E-state index is 0.667. The van der Waals surface area contributed by atoms with E-state index in [1.165, 1.54) is 0 Å². The summed E-state index contributed by atoms with van der Waals surface area (Å²) in [5, 5.41) is 3.03. The first-order valence-electron chi connectivity index (χ1n) is 3.94. The van der Waals surface area contributed by atoms with Crippen molar-refractivity contribution in [3.63, 3.8) is 0 Å². The van der Waals surface area contributed by atoms with Gasteiger partial charge in [0.2, 0.25) is 5.96 Å². The van der Waals surface area contributed by atoms with Gasteiger partial charge in [0.25, 0.3) is 0 Å². The van der Waals surface area contributed by atoms with Crippen molar-refractivity contribution >= 4 is 11.8 Å². The molecule has 0 unspecified atom stereocenters. The standard InChI is InChI=1S/C7H14N4/c1-2-3-6(8)11-7-9-4-5-10-7/h2-5H2,1H3,(H3,8,9,10,11). The number of nitrogens with one attached hydrogen (secondary N) is 1. The third kappa shape index (κ3) is 2.57. The Morgan fingerprint density at radius 3 is 3.18 bits per heavy atom. The molecule has 1 aliphatic heterocycles. The largest absolute Gasteiger partial charge is 0.387 e. The predicted molar refractivity (Wildman–Crippen MR) is 46.8 cm³/mol. The fourth-order valence-corrected chi connectivity index (χ4v) is 0.908. The fraction of sp³-hybridized carbons (Fsp3) is 0.714. The molecule has 0 amide bonds. The maximum atomic E-state index is 5.59. The maximum absolute atomic E-state index is 5.59. The molecule has 0 aromatic heterocycles. The average molecular weight is 154 g/mol.